The highest BCUT2D eigenvalue weighted by Crippen LogP contribution is 2.48. The summed E-state index contributed by atoms with van der Waals surface area (Å²) in [5, 5.41) is 5.43. The summed E-state index contributed by atoms with van der Waals surface area (Å²) in [6, 6.07) is 2.60. The molecular weight excluding hydrogens is 256 g/mol. The van der Waals surface area contributed by atoms with Gasteiger partial charge in [0.1, 0.15) is 0 Å². The number of hydrogen-bond donors (Lipinski definition) is 1. The predicted octanol–water partition coefficient (Wildman–Crippen LogP) is 2.58. The van der Waals surface area contributed by atoms with Gasteiger partial charge in [0.2, 0.25) is 5.91 Å². The number of nitrogens with zero attached hydrogens (tertiary/aromatic N) is 1. The predicted molar refractivity (Wildman–Crippen MR) is 78.4 cm³/mol. The molecule has 1 fully saturated rings. The Hall–Kier alpha value is -0.870. The van der Waals surface area contributed by atoms with Crippen LogP contribution in [-0.4, -0.2) is 30.4 Å². The van der Waals surface area contributed by atoms with Crippen LogP contribution >= 0.6 is 11.3 Å². The molecule has 1 aromatic heterocycles. The smallest absolute Gasteiger partial charge is 0.237 e. The highest BCUT2D eigenvalue weighted by Gasteiger charge is 2.41. The van der Waals surface area contributed by atoms with Crippen LogP contribution in [0.4, 0.5) is 0 Å². The molecule has 0 bridgehead atoms. The number of hydrogen-bond acceptors (Lipinski definition) is 3. The quantitative estimate of drug-likeness (QED) is 0.840. The Balaban J connectivity index is 1.72. The molecule has 0 saturated heterocycles. The Morgan fingerprint density at radius 3 is 3.11 bits per heavy atom. The average molecular weight is 278 g/mol. The Morgan fingerprint density at radius 2 is 2.37 bits per heavy atom. The van der Waals surface area contributed by atoms with E-state index in [0.29, 0.717) is 18.5 Å². The Kier molecular flexibility index (Phi) is 3.89. The maximum absolute atomic E-state index is 12.4. The third-order valence-corrected chi connectivity index (χ3v) is 5.10. The van der Waals surface area contributed by atoms with Crippen LogP contribution in [0.3, 0.4) is 0 Å². The minimum atomic E-state index is 0.280. The average Bonchev–Trinajstić information content (AvgIpc) is 3.14. The van der Waals surface area contributed by atoms with Gasteiger partial charge < -0.3 is 10.2 Å². The van der Waals surface area contributed by atoms with Crippen LogP contribution in [0.1, 0.15) is 42.7 Å². The lowest BCUT2D eigenvalue weighted by Crippen LogP contribution is -2.44. The first-order chi connectivity index (χ1) is 9.31. The lowest BCUT2D eigenvalue weighted by atomic mass is 9.96. The second-order valence-electron chi connectivity index (χ2n) is 5.60. The largest absolute Gasteiger partial charge is 0.334 e. The first-order valence-corrected chi connectivity index (χ1v) is 8.25. The lowest BCUT2D eigenvalue weighted by Gasteiger charge is -2.36. The molecule has 2 aliphatic rings. The van der Waals surface area contributed by atoms with Crippen LogP contribution in [-0.2, 0) is 11.2 Å². The van der Waals surface area contributed by atoms with E-state index in [0.717, 1.165) is 25.9 Å². The van der Waals surface area contributed by atoms with Crippen LogP contribution in [0.2, 0.25) is 0 Å². The van der Waals surface area contributed by atoms with Crippen LogP contribution < -0.4 is 5.32 Å². The van der Waals surface area contributed by atoms with E-state index < -0.39 is 0 Å². The fraction of sp³-hybridized carbons (Fsp3) is 0.667. The number of rotatable bonds is 5. The number of fused-ring (bicyclic) bond motifs is 1. The molecule has 2 heterocycles. The van der Waals surface area contributed by atoms with Gasteiger partial charge in [0.05, 0.1) is 12.6 Å². The molecule has 1 aliphatic heterocycles. The molecule has 1 atom stereocenters. The molecule has 104 valence electrons. The van der Waals surface area contributed by atoms with E-state index in [1.165, 1.54) is 23.3 Å². The molecule has 0 spiro atoms. The van der Waals surface area contributed by atoms with Crippen molar-refractivity contribution in [2.75, 3.05) is 19.6 Å². The van der Waals surface area contributed by atoms with Crippen molar-refractivity contribution in [2.45, 2.75) is 38.6 Å². The summed E-state index contributed by atoms with van der Waals surface area (Å²) in [6.07, 6.45) is 4.68. The number of carbonyl (C=O) groups excluding carboxylic acids is 1. The third kappa shape index (κ3) is 2.70. The fourth-order valence-corrected chi connectivity index (χ4v) is 3.93. The van der Waals surface area contributed by atoms with Gasteiger partial charge in [-0.05, 0) is 55.2 Å². The van der Waals surface area contributed by atoms with Crippen LogP contribution in [0.5, 0.6) is 0 Å². The van der Waals surface area contributed by atoms with Crippen molar-refractivity contribution >= 4 is 17.2 Å². The minimum absolute atomic E-state index is 0.280. The van der Waals surface area contributed by atoms with Gasteiger partial charge in [0.25, 0.3) is 0 Å². The molecule has 1 aromatic rings. The van der Waals surface area contributed by atoms with Crippen molar-refractivity contribution in [3.63, 3.8) is 0 Å². The monoisotopic (exact) mass is 278 g/mol. The molecule has 1 aliphatic carbocycles. The zero-order chi connectivity index (χ0) is 13.2. The molecule has 3 nitrogen and oxygen atoms in total. The maximum Gasteiger partial charge on any atom is 0.237 e. The molecular formula is C15H22N2OS. The molecule has 1 unspecified atom stereocenters. The second-order valence-corrected chi connectivity index (χ2v) is 6.60. The van der Waals surface area contributed by atoms with E-state index >= 15 is 0 Å². The van der Waals surface area contributed by atoms with E-state index in [4.69, 9.17) is 0 Å². The number of nitrogens with one attached hydrogen (secondary N) is 1. The van der Waals surface area contributed by atoms with Crippen molar-refractivity contribution in [1.82, 2.24) is 10.2 Å². The standard InChI is InChI=1S/C15H22N2OS/c1-2-7-16-10-14(18)17-8-5-13-12(6-9-19-13)15(17)11-3-4-11/h6,9,11,15-16H,2-5,7-8,10H2,1H3. The van der Waals surface area contributed by atoms with Gasteiger partial charge in [0.15, 0.2) is 0 Å². The SMILES string of the molecule is CCCNCC(=O)N1CCc2sccc2C1C1CC1. The zero-order valence-corrected chi connectivity index (χ0v) is 12.3. The third-order valence-electron chi connectivity index (χ3n) is 4.11. The zero-order valence-electron chi connectivity index (χ0n) is 11.5. The first kappa shape index (κ1) is 13.1. The van der Waals surface area contributed by atoms with Gasteiger partial charge in [-0.25, -0.2) is 0 Å². The number of thiophene rings is 1. The van der Waals surface area contributed by atoms with Crippen LogP contribution in [0.15, 0.2) is 11.4 Å². The topological polar surface area (TPSA) is 32.3 Å². The van der Waals surface area contributed by atoms with E-state index in [9.17, 15) is 4.79 Å². The molecule has 0 radical (unpaired) electrons. The minimum Gasteiger partial charge on any atom is -0.334 e. The van der Waals surface area contributed by atoms with Gasteiger partial charge in [-0.3, -0.25) is 4.79 Å². The van der Waals surface area contributed by atoms with Gasteiger partial charge >= 0.3 is 0 Å². The van der Waals surface area contributed by atoms with E-state index in [1.54, 1.807) is 0 Å². The molecule has 1 saturated carbocycles. The summed E-state index contributed by atoms with van der Waals surface area (Å²) in [7, 11) is 0. The van der Waals surface area contributed by atoms with Crippen molar-refractivity contribution in [1.29, 1.82) is 0 Å². The summed E-state index contributed by atoms with van der Waals surface area (Å²) in [4.78, 5) is 16.1. The Bertz CT molecular complexity index is 453. The van der Waals surface area contributed by atoms with Gasteiger partial charge in [-0.15, -0.1) is 11.3 Å². The molecule has 0 aromatic carbocycles. The first-order valence-electron chi connectivity index (χ1n) is 7.37. The highest BCUT2D eigenvalue weighted by molar-refractivity contribution is 7.10. The van der Waals surface area contributed by atoms with Crippen molar-refractivity contribution < 1.29 is 4.79 Å². The lowest BCUT2D eigenvalue weighted by molar-refractivity contribution is -0.133. The van der Waals surface area contributed by atoms with E-state index in [2.05, 4.69) is 28.6 Å². The van der Waals surface area contributed by atoms with E-state index in [1.807, 2.05) is 11.3 Å². The summed E-state index contributed by atoms with van der Waals surface area (Å²) in [6.45, 7) is 4.46. The van der Waals surface area contributed by atoms with Gasteiger partial charge in [-0.1, -0.05) is 6.92 Å². The second kappa shape index (κ2) is 5.63. The maximum atomic E-state index is 12.4. The Labute approximate surface area is 119 Å². The highest BCUT2D eigenvalue weighted by atomic mass is 32.1. The van der Waals surface area contributed by atoms with Crippen molar-refractivity contribution in [3.8, 4) is 0 Å². The summed E-state index contributed by atoms with van der Waals surface area (Å²) in [5.41, 5.74) is 1.43. The molecule has 4 heteroatoms. The summed E-state index contributed by atoms with van der Waals surface area (Å²) < 4.78 is 0. The normalized spacial score (nSPS) is 22.4. The Morgan fingerprint density at radius 1 is 1.53 bits per heavy atom. The van der Waals surface area contributed by atoms with Crippen molar-refractivity contribution in [3.05, 3.63) is 21.9 Å². The number of amides is 1. The summed E-state index contributed by atoms with van der Waals surface area (Å²) in [5.74, 6) is 0.992. The molecule has 3 rings (SSSR count). The van der Waals surface area contributed by atoms with Crippen LogP contribution in [0.25, 0.3) is 0 Å². The number of carbonyl (C=O) groups is 1. The fourth-order valence-electron chi connectivity index (χ4n) is 3.02. The summed E-state index contributed by atoms with van der Waals surface area (Å²) >= 11 is 1.86. The van der Waals surface area contributed by atoms with Gasteiger partial charge in [-0.2, -0.15) is 0 Å². The molecule has 19 heavy (non-hydrogen) atoms. The van der Waals surface area contributed by atoms with Crippen molar-refractivity contribution in [2.24, 2.45) is 5.92 Å². The molecule has 1 N–H and O–H groups in total. The molecule has 1 amide bonds. The van der Waals surface area contributed by atoms with Gasteiger partial charge in [0, 0.05) is 11.4 Å². The van der Waals surface area contributed by atoms with E-state index in [-0.39, 0.29) is 5.91 Å². The van der Waals surface area contributed by atoms with Crippen LogP contribution in [0, 0.1) is 5.92 Å².